The Labute approximate surface area is 176 Å². The second-order valence-corrected chi connectivity index (χ2v) is 8.13. The highest BCUT2D eigenvalue weighted by Gasteiger charge is 2.12. The van der Waals surface area contributed by atoms with Gasteiger partial charge in [0, 0.05) is 22.5 Å². The second-order valence-electron chi connectivity index (χ2n) is 5.97. The van der Waals surface area contributed by atoms with Crippen molar-refractivity contribution >= 4 is 46.2 Å². The maximum atomic E-state index is 12.2. The minimum absolute atomic E-state index is 0.0814. The summed E-state index contributed by atoms with van der Waals surface area (Å²) in [6, 6.07) is 4.65. The van der Waals surface area contributed by atoms with E-state index in [0.717, 1.165) is 9.88 Å². The van der Waals surface area contributed by atoms with Gasteiger partial charge in [0.2, 0.25) is 0 Å². The Morgan fingerprint density at radius 1 is 1.11 bits per heavy atom. The van der Waals surface area contributed by atoms with Crippen LogP contribution in [-0.4, -0.2) is 26.6 Å². The zero-order valence-corrected chi connectivity index (χ0v) is 17.2. The average molecular weight is 435 g/mol. The van der Waals surface area contributed by atoms with Gasteiger partial charge in [-0.25, -0.2) is 9.97 Å². The predicted octanol–water partition coefficient (Wildman–Crippen LogP) is 4.29. The molecule has 3 rings (SSSR count). The Morgan fingerprint density at radius 3 is 2.57 bits per heavy atom. The van der Waals surface area contributed by atoms with Crippen LogP contribution in [-0.2, 0) is 13.0 Å². The number of aryl methyl sites for hydroxylation is 2. The largest absolute Gasteiger partial charge is 0.346 e. The number of aromatic nitrogens is 3. The van der Waals surface area contributed by atoms with Gasteiger partial charge < -0.3 is 5.32 Å². The molecule has 0 fully saturated rings. The lowest BCUT2D eigenvalue weighted by molar-refractivity contribution is 0.0947. The molecule has 2 aromatic heterocycles. The number of hydrogen-bond donors (Lipinski definition) is 1. The molecule has 2 heterocycles. The summed E-state index contributed by atoms with van der Waals surface area (Å²) in [7, 11) is 0. The van der Waals surface area contributed by atoms with Gasteiger partial charge in [-0.3, -0.25) is 14.6 Å². The molecule has 0 unspecified atom stereocenters. The molecule has 0 bridgehead atoms. The van der Waals surface area contributed by atoms with Gasteiger partial charge in [-0.15, -0.1) is 11.3 Å². The first-order valence-electron chi connectivity index (χ1n) is 8.41. The Kier molecular flexibility index (Phi) is 6.72. The number of benzene rings is 1. The number of nitrogens with one attached hydrogen (secondary N) is 1. The molecule has 0 atom stereocenters. The van der Waals surface area contributed by atoms with E-state index in [1.165, 1.54) is 18.5 Å². The molecule has 1 N–H and O–H groups in total. The smallest absolute Gasteiger partial charge is 0.253 e. The van der Waals surface area contributed by atoms with E-state index in [4.69, 9.17) is 23.2 Å². The normalized spacial score (nSPS) is 10.7. The number of halogens is 2. The second kappa shape index (κ2) is 9.23. The van der Waals surface area contributed by atoms with E-state index >= 15 is 0 Å². The minimum Gasteiger partial charge on any atom is -0.346 e. The van der Waals surface area contributed by atoms with E-state index in [0.29, 0.717) is 34.8 Å². The highest BCUT2D eigenvalue weighted by Crippen LogP contribution is 2.21. The number of Topliss-reactive ketones (excluding diaryl/α,β-unsaturated/α-hetero) is 1. The van der Waals surface area contributed by atoms with E-state index < -0.39 is 0 Å². The van der Waals surface area contributed by atoms with E-state index in [1.54, 1.807) is 29.7 Å². The van der Waals surface area contributed by atoms with Crippen molar-refractivity contribution in [2.45, 2.75) is 26.3 Å². The van der Waals surface area contributed by atoms with Crippen LogP contribution in [0.2, 0.25) is 10.0 Å². The first-order valence-corrected chi connectivity index (χ1v) is 9.98. The van der Waals surface area contributed by atoms with Crippen LogP contribution in [0.1, 0.15) is 42.8 Å². The number of carbonyl (C=O) groups is 2. The summed E-state index contributed by atoms with van der Waals surface area (Å²) in [4.78, 5) is 38.0. The summed E-state index contributed by atoms with van der Waals surface area (Å²) in [5, 5.41) is 4.42. The van der Waals surface area contributed by atoms with Gasteiger partial charge in [0.15, 0.2) is 5.78 Å². The van der Waals surface area contributed by atoms with Crippen molar-refractivity contribution in [3.63, 3.8) is 0 Å². The van der Waals surface area contributed by atoms with Crippen LogP contribution in [0, 0.1) is 6.92 Å². The van der Waals surface area contributed by atoms with Gasteiger partial charge in [0.25, 0.3) is 5.91 Å². The maximum absolute atomic E-state index is 12.2. The van der Waals surface area contributed by atoms with Crippen molar-refractivity contribution in [3.05, 3.63) is 73.7 Å². The van der Waals surface area contributed by atoms with Crippen LogP contribution in [0.4, 0.5) is 0 Å². The zero-order valence-electron chi connectivity index (χ0n) is 14.9. The van der Waals surface area contributed by atoms with Crippen LogP contribution in [0.3, 0.4) is 0 Å². The molecule has 6 nitrogen and oxygen atoms in total. The SMILES string of the molecule is Cc1ncc(CCC(=O)c2cnc(CNC(=O)c3ccc(Cl)cc3Cl)cn2)s1. The van der Waals surface area contributed by atoms with E-state index in [9.17, 15) is 9.59 Å². The van der Waals surface area contributed by atoms with E-state index in [-0.39, 0.29) is 23.3 Å². The zero-order chi connectivity index (χ0) is 20.1. The fraction of sp³-hybridized carbons (Fsp3) is 0.211. The van der Waals surface area contributed by atoms with Gasteiger partial charge in [-0.05, 0) is 31.5 Å². The lowest BCUT2D eigenvalue weighted by Gasteiger charge is -2.07. The molecule has 0 aliphatic heterocycles. The van der Waals surface area contributed by atoms with Gasteiger partial charge in [0.05, 0.1) is 40.2 Å². The van der Waals surface area contributed by atoms with E-state index in [2.05, 4.69) is 20.3 Å². The standard InChI is InChI=1S/C19H16Cl2N4O2S/c1-11-22-9-14(28-11)3-5-18(26)17-10-23-13(7-24-17)8-25-19(27)15-4-2-12(20)6-16(15)21/h2,4,6-7,9-10H,3,5,8H2,1H3,(H,25,27). The lowest BCUT2D eigenvalue weighted by atomic mass is 10.1. The molecule has 0 aliphatic rings. The number of hydrogen-bond acceptors (Lipinski definition) is 6. The topological polar surface area (TPSA) is 84.8 Å². The number of thiazole rings is 1. The van der Waals surface area contributed by atoms with Crippen molar-refractivity contribution in [1.82, 2.24) is 20.3 Å². The van der Waals surface area contributed by atoms with Crippen molar-refractivity contribution in [1.29, 1.82) is 0 Å². The Bertz CT molecular complexity index is 1010. The molecule has 1 aromatic carbocycles. The maximum Gasteiger partial charge on any atom is 0.253 e. The highest BCUT2D eigenvalue weighted by atomic mass is 35.5. The first-order chi connectivity index (χ1) is 13.4. The van der Waals surface area contributed by atoms with Crippen molar-refractivity contribution in [3.8, 4) is 0 Å². The van der Waals surface area contributed by atoms with Gasteiger partial charge in [-0.2, -0.15) is 0 Å². The summed E-state index contributed by atoms with van der Waals surface area (Å²) in [6.07, 6.45) is 5.68. The summed E-state index contributed by atoms with van der Waals surface area (Å²) >= 11 is 13.4. The Morgan fingerprint density at radius 2 is 1.93 bits per heavy atom. The van der Waals surface area contributed by atoms with Crippen LogP contribution in [0.5, 0.6) is 0 Å². The molecule has 0 saturated heterocycles. The molecule has 3 aromatic rings. The van der Waals surface area contributed by atoms with Gasteiger partial charge in [-0.1, -0.05) is 23.2 Å². The first kappa shape index (κ1) is 20.4. The van der Waals surface area contributed by atoms with Crippen LogP contribution in [0.25, 0.3) is 0 Å². The monoisotopic (exact) mass is 434 g/mol. The van der Waals surface area contributed by atoms with Crippen molar-refractivity contribution in [2.24, 2.45) is 0 Å². The number of amides is 1. The third kappa shape index (κ3) is 5.34. The van der Waals surface area contributed by atoms with Crippen molar-refractivity contribution in [2.75, 3.05) is 0 Å². The summed E-state index contributed by atoms with van der Waals surface area (Å²) < 4.78 is 0. The molecule has 28 heavy (non-hydrogen) atoms. The number of nitrogens with zero attached hydrogens (tertiary/aromatic N) is 3. The minimum atomic E-state index is -0.344. The summed E-state index contributed by atoms with van der Waals surface area (Å²) in [5.74, 6) is -0.425. The third-order valence-electron chi connectivity index (χ3n) is 3.86. The molecule has 0 saturated carbocycles. The Balaban J connectivity index is 1.53. The molecule has 0 aliphatic carbocycles. The van der Waals surface area contributed by atoms with Crippen molar-refractivity contribution < 1.29 is 9.59 Å². The molecular formula is C19H16Cl2N4O2S. The third-order valence-corrected chi connectivity index (χ3v) is 5.38. The molecular weight excluding hydrogens is 419 g/mol. The van der Waals surface area contributed by atoms with Gasteiger partial charge >= 0.3 is 0 Å². The summed E-state index contributed by atoms with van der Waals surface area (Å²) in [5.41, 5.74) is 1.16. The molecule has 144 valence electrons. The number of carbonyl (C=O) groups excluding carboxylic acids is 2. The predicted molar refractivity (Wildman–Crippen MR) is 109 cm³/mol. The molecule has 9 heteroatoms. The van der Waals surface area contributed by atoms with Crippen LogP contribution in [0.15, 0.2) is 36.8 Å². The van der Waals surface area contributed by atoms with Crippen LogP contribution < -0.4 is 5.32 Å². The fourth-order valence-corrected chi connectivity index (χ4v) is 3.70. The van der Waals surface area contributed by atoms with Crippen LogP contribution >= 0.6 is 34.5 Å². The molecule has 1 amide bonds. The van der Waals surface area contributed by atoms with Gasteiger partial charge in [0.1, 0.15) is 5.69 Å². The Hall–Kier alpha value is -2.35. The van der Waals surface area contributed by atoms with E-state index in [1.807, 2.05) is 6.92 Å². The summed E-state index contributed by atoms with van der Waals surface area (Å²) in [6.45, 7) is 2.10. The number of rotatable bonds is 7. The highest BCUT2D eigenvalue weighted by molar-refractivity contribution is 7.11. The quantitative estimate of drug-likeness (QED) is 0.560. The number of ketones is 1. The molecule has 0 radical (unpaired) electrons. The molecule has 0 spiro atoms. The fourth-order valence-electron chi connectivity index (χ4n) is 2.42. The average Bonchev–Trinajstić information content (AvgIpc) is 3.10. The lowest BCUT2D eigenvalue weighted by Crippen LogP contribution is -2.23.